The Kier molecular flexibility index (Phi) is 4.25. The van der Waals surface area contributed by atoms with Crippen LogP contribution in [0.3, 0.4) is 0 Å². The number of halogens is 1. The molecule has 4 bridgehead atoms. The Morgan fingerprint density at radius 3 is 2.31 bits per heavy atom. The minimum Gasteiger partial charge on any atom is -0.478 e. The second-order valence-electron chi connectivity index (χ2n) is 9.16. The first-order valence-corrected chi connectivity index (χ1v) is 9.59. The van der Waals surface area contributed by atoms with Gasteiger partial charge in [-0.2, -0.15) is 0 Å². The number of rotatable bonds is 6. The van der Waals surface area contributed by atoms with Gasteiger partial charge in [0.05, 0.1) is 12.2 Å². The van der Waals surface area contributed by atoms with Crippen LogP contribution in [0.2, 0.25) is 0 Å². The average molecular weight is 362 g/mol. The van der Waals surface area contributed by atoms with E-state index in [0.29, 0.717) is 6.61 Å². The van der Waals surface area contributed by atoms with Crippen LogP contribution in [0.15, 0.2) is 18.2 Å². The third-order valence-electron chi connectivity index (χ3n) is 6.42. The highest BCUT2D eigenvalue weighted by atomic mass is 19.1. The minimum absolute atomic E-state index is 0.00159. The molecule has 26 heavy (non-hydrogen) atoms. The molecule has 0 radical (unpaired) electrons. The standard InChI is InChI=1S/C21H27FO4/c1-20(2,26-18-8-16(19(23)24)3-4-17(18)22)25-12-21-9-13-5-14(10-21)7-15(6-13)11-21/h3-4,8,13-15H,5-7,9-12H2,1-2H3,(H,23,24). The van der Waals surface area contributed by atoms with E-state index in [0.717, 1.165) is 23.8 Å². The molecule has 5 rings (SSSR count). The van der Waals surface area contributed by atoms with Crippen LogP contribution in [0, 0.1) is 29.0 Å². The first kappa shape index (κ1) is 17.8. The summed E-state index contributed by atoms with van der Waals surface area (Å²) in [5, 5.41) is 9.09. The summed E-state index contributed by atoms with van der Waals surface area (Å²) in [6.07, 6.45) is 7.85. The molecule has 0 atom stereocenters. The zero-order valence-corrected chi connectivity index (χ0v) is 15.5. The van der Waals surface area contributed by atoms with Crippen molar-refractivity contribution < 1.29 is 23.8 Å². The minimum atomic E-state index is -1.11. The predicted octanol–water partition coefficient (Wildman–Crippen LogP) is 4.87. The second-order valence-corrected chi connectivity index (χ2v) is 9.16. The largest absolute Gasteiger partial charge is 0.478 e. The van der Waals surface area contributed by atoms with Gasteiger partial charge in [0.2, 0.25) is 5.79 Å². The maximum absolute atomic E-state index is 14.0. The molecule has 1 aromatic carbocycles. The summed E-state index contributed by atoms with van der Waals surface area (Å²) < 4.78 is 25.9. The van der Waals surface area contributed by atoms with E-state index < -0.39 is 17.6 Å². The smallest absolute Gasteiger partial charge is 0.335 e. The molecule has 4 aliphatic carbocycles. The Bertz CT molecular complexity index is 677. The van der Waals surface area contributed by atoms with Gasteiger partial charge in [0.1, 0.15) is 0 Å². The molecule has 0 aromatic heterocycles. The van der Waals surface area contributed by atoms with E-state index in [1.807, 2.05) is 0 Å². The molecule has 1 aromatic rings. The molecule has 4 saturated carbocycles. The van der Waals surface area contributed by atoms with Gasteiger partial charge >= 0.3 is 5.97 Å². The quantitative estimate of drug-likeness (QED) is 0.734. The molecule has 0 spiro atoms. The van der Waals surface area contributed by atoms with E-state index in [2.05, 4.69) is 0 Å². The number of benzene rings is 1. The highest BCUT2D eigenvalue weighted by molar-refractivity contribution is 5.88. The van der Waals surface area contributed by atoms with Gasteiger partial charge in [-0.25, -0.2) is 9.18 Å². The first-order chi connectivity index (χ1) is 12.2. The van der Waals surface area contributed by atoms with Crippen LogP contribution >= 0.6 is 0 Å². The lowest BCUT2D eigenvalue weighted by Crippen LogP contribution is -2.49. The Labute approximate surface area is 153 Å². The summed E-state index contributed by atoms with van der Waals surface area (Å²) in [5.74, 6) is -0.249. The normalized spacial score (nSPS) is 32.7. The Morgan fingerprint density at radius 1 is 1.19 bits per heavy atom. The molecular formula is C21H27FO4. The van der Waals surface area contributed by atoms with Gasteiger partial charge in [0.25, 0.3) is 0 Å². The van der Waals surface area contributed by atoms with Gasteiger partial charge in [0, 0.05) is 13.8 Å². The lowest BCUT2D eigenvalue weighted by molar-refractivity contribution is -0.200. The van der Waals surface area contributed by atoms with Crippen LogP contribution in [0.25, 0.3) is 0 Å². The Balaban J connectivity index is 1.43. The van der Waals surface area contributed by atoms with Crippen molar-refractivity contribution in [2.24, 2.45) is 23.2 Å². The highest BCUT2D eigenvalue weighted by Crippen LogP contribution is 2.60. The fourth-order valence-corrected chi connectivity index (χ4v) is 5.80. The summed E-state index contributed by atoms with van der Waals surface area (Å²) in [5.41, 5.74) is 0.245. The van der Waals surface area contributed by atoms with Crippen molar-refractivity contribution in [3.8, 4) is 5.75 Å². The molecule has 5 heteroatoms. The van der Waals surface area contributed by atoms with Gasteiger partial charge in [-0.3, -0.25) is 0 Å². The van der Waals surface area contributed by atoms with Crippen LogP contribution in [0.1, 0.15) is 62.7 Å². The summed E-state index contributed by atoms with van der Waals surface area (Å²) in [6.45, 7) is 4.16. The number of carboxylic acid groups (broad SMARTS) is 1. The number of aromatic carboxylic acids is 1. The summed E-state index contributed by atoms with van der Waals surface area (Å²) in [7, 11) is 0. The van der Waals surface area contributed by atoms with Crippen LogP contribution in [0.4, 0.5) is 4.39 Å². The van der Waals surface area contributed by atoms with E-state index in [1.165, 1.54) is 50.7 Å². The molecule has 0 saturated heterocycles. The fourth-order valence-electron chi connectivity index (χ4n) is 5.80. The fraction of sp³-hybridized carbons (Fsp3) is 0.667. The lowest BCUT2D eigenvalue weighted by Gasteiger charge is -2.57. The highest BCUT2D eigenvalue weighted by Gasteiger charge is 2.51. The monoisotopic (exact) mass is 362 g/mol. The van der Waals surface area contributed by atoms with E-state index in [1.54, 1.807) is 13.8 Å². The maximum Gasteiger partial charge on any atom is 0.335 e. The molecule has 0 aliphatic heterocycles. The van der Waals surface area contributed by atoms with Gasteiger partial charge in [-0.15, -0.1) is 0 Å². The molecular weight excluding hydrogens is 335 g/mol. The van der Waals surface area contributed by atoms with E-state index >= 15 is 0 Å². The van der Waals surface area contributed by atoms with E-state index in [-0.39, 0.29) is 16.7 Å². The molecule has 4 nitrogen and oxygen atoms in total. The summed E-state index contributed by atoms with van der Waals surface area (Å²) in [4.78, 5) is 11.1. The predicted molar refractivity (Wildman–Crippen MR) is 94.6 cm³/mol. The van der Waals surface area contributed by atoms with Gasteiger partial charge in [-0.05, 0) is 79.9 Å². The summed E-state index contributed by atoms with van der Waals surface area (Å²) >= 11 is 0. The van der Waals surface area contributed by atoms with Crippen LogP contribution in [-0.2, 0) is 4.74 Å². The molecule has 4 fully saturated rings. The maximum atomic E-state index is 14.0. The molecule has 0 amide bonds. The number of carbonyl (C=O) groups is 1. The van der Waals surface area contributed by atoms with E-state index in [9.17, 15) is 9.18 Å². The number of carboxylic acids is 1. The van der Waals surface area contributed by atoms with Crippen molar-refractivity contribution in [3.63, 3.8) is 0 Å². The van der Waals surface area contributed by atoms with Crippen molar-refractivity contribution in [3.05, 3.63) is 29.6 Å². The third kappa shape index (κ3) is 3.46. The Morgan fingerprint density at radius 2 is 1.77 bits per heavy atom. The first-order valence-electron chi connectivity index (χ1n) is 9.59. The van der Waals surface area contributed by atoms with Crippen molar-refractivity contribution in [2.75, 3.05) is 6.61 Å². The molecule has 1 N–H and O–H groups in total. The number of hydrogen-bond acceptors (Lipinski definition) is 3. The zero-order valence-electron chi connectivity index (χ0n) is 15.5. The van der Waals surface area contributed by atoms with Gasteiger partial charge < -0.3 is 14.6 Å². The van der Waals surface area contributed by atoms with E-state index in [4.69, 9.17) is 14.6 Å². The third-order valence-corrected chi connectivity index (χ3v) is 6.42. The van der Waals surface area contributed by atoms with Gasteiger partial charge in [-0.1, -0.05) is 0 Å². The number of hydrogen-bond donors (Lipinski definition) is 1. The molecule has 0 unspecified atom stereocenters. The number of ether oxygens (including phenoxy) is 2. The Hall–Kier alpha value is -1.62. The molecule has 4 aliphatic rings. The van der Waals surface area contributed by atoms with Crippen molar-refractivity contribution in [1.29, 1.82) is 0 Å². The molecule has 0 heterocycles. The SMILES string of the molecule is CC(C)(OCC12CC3CC(CC(C3)C1)C2)Oc1cc(C(=O)O)ccc1F. The topological polar surface area (TPSA) is 55.8 Å². The second kappa shape index (κ2) is 6.22. The van der Waals surface area contributed by atoms with Gasteiger partial charge in [0.15, 0.2) is 11.6 Å². The van der Waals surface area contributed by atoms with Crippen molar-refractivity contribution >= 4 is 5.97 Å². The van der Waals surface area contributed by atoms with Crippen molar-refractivity contribution in [2.45, 2.75) is 58.2 Å². The van der Waals surface area contributed by atoms with Crippen LogP contribution in [0.5, 0.6) is 5.75 Å². The average Bonchev–Trinajstić information content (AvgIpc) is 2.54. The summed E-state index contributed by atoms with van der Waals surface area (Å²) in [6, 6.07) is 3.56. The van der Waals surface area contributed by atoms with Crippen LogP contribution < -0.4 is 4.74 Å². The molecule has 142 valence electrons. The zero-order chi connectivity index (χ0) is 18.5. The van der Waals surface area contributed by atoms with Crippen LogP contribution in [-0.4, -0.2) is 23.5 Å². The van der Waals surface area contributed by atoms with Crippen molar-refractivity contribution in [1.82, 2.24) is 0 Å². The lowest BCUT2D eigenvalue weighted by atomic mass is 9.50.